The van der Waals surface area contributed by atoms with Crippen molar-refractivity contribution < 1.29 is 0 Å². The van der Waals surface area contributed by atoms with Gasteiger partial charge < -0.3 is 0 Å². The largest absolute Gasteiger partial charge is 0.262 e. The standard InChI is InChI=1S/C9H10N2S2/c1-5(2)9-11-8-6(12)3-10-4-7(8)13-9/h3-5,12H,1-2H3. The highest BCUT2D eigenvalue weighted by Crippen LogP contribution is 2.29. The minimum atomic E-state index is 0.477. The molecule has 2 aromatic heterocycles. The normalized spacial score (nSPS) is 11.4. The second-order valence-electron chi connectivity index (χ2n) is 3.21. The fourth-order valence-corrected chi connectivity index (χ4v) is 2.38. The highest BCUT2D eigenvalue weighted by Gasteiger charge is 2.08. The van der Waals surface area contributed by atoms with Crippen LogP contribution in [0.3, 0.4) is 0 Å². The van der Waals surface area contributed by atoms with E-state index in [-0.39, 0.29) is 0 Å². The van der Waals surface area contributed by atoms with Crippen LogP contribution in [0.15, 0.2) is 17.3 Å². The van der Waals surface area contributed by atoms with Gasteiger partial charge in [0.2, 0.25) is 0 Å². The van der Waals surface area contributed by atoms with E-state index in [1.807, 2.05) is 6.20 Å². The third-order valence-corrected chi connectivity index (χ3v) is 3.41. The summed E-state index contributed by atoms with van der Waals surface area (Å²) in [6, 6.07) is 0. The summed E-state index contributed by atoms with van der Waals surface area (Å²) >= 11 is 6.01. The first-order valence-electron chi connectivity index (χ1n) is 4.12. The first-order chi connectivity index (χ1) is 6.18. The molecule has 0 spiro atoms. The predicted octanol–water partition coefficient (Wildman–Crippen LogP) is 3.10. The van der Waals surface area contributed by atoms with Crippen LogP contribution in [-0.2, 0) is 0 Å². The Kier molecular flexibility index (Phi) is 2.26. The summed E-state index contributed by atoms with van der Waals surface area (Å²) in [4.78, 5) is 9.45. The van der Waals surface area contributed by atoms with Gasteiger partial charge >= 0.3 is 0 Å². The molecule has 2 aromatic rings. The first kappa shape index (κ1) is 8.97. The molecule has 13 heavy (non-hydrogen) atoms. The first-order valence-corrected chi connectivity index (χ1v) is 5.38. The fraction of sp³-hybridized carbons (Fsp3) is 0.333. The molecule has 68 valence electrons. The lowest BCUT2D eigenvalue weighted by molar-refractivity contribution is 0.856. The molecule has 0 aliphatic carbocycles. The Bertz CT molecular complexity index is 434. The van der Waals surface area contributed by atoms with Crippen LogP contribution in [0.5, 0.6) is 0 Å². The van der Waals surface area contributed by atoms with E-state index in [1.165, 1.54) is 0 Å². The molecule has 0 N–H and O–H groups in total. The molecule has 0 fully saturated rings. The van der Waals surface area contributed by atoms with E-state index in [0.717, 1.165) is 20.1 Å². The van der Waals surface area contributed by atoms with Crippen molar-refractivity contribution in [2.24, 2.45) is 0 Å². The zero-order valence-corrected chi connectivity index (χ0v) is 9.19. The molecule has 0 amide bonds. The van der Waals surface area contributed by atoms with Crippen LogP contribution in [0, 0.1) is 0 Å². The van der Waals surface area contributed by atoms with Crippen LogP contribution in [0.4, 0.5) is 0 Å². The van der Waals surface area contributed by atoms with Crippen LogP contribution in [0.2, 0.25) is 0 Å². The van der Waals surface area contributed by atoms with E-state index in [0.29, 0.717) is 5.92 Å². The topological polar surface area (TPSA) is 25.8 Å². The summed E-state index contributed by atoms with van der Waals surface area (Å²) in [6.45, 7) is 4.28. The van der Waals surface area contributed by atoms with Crippen molar-refractivity contribution in [3.8, 4) is 0 Å². The molecule has 2 heterocycles. The zero-order valence-electron chi connectivity index (χ0n) is 7.48. The van der Waals surface area contributed by atoms with Crippen LogP contribution >= 0.6 is 24.0 Å². The van der Waals surface area contributed by atoms with Gasteiger partial charge in [0.1, 0.15) is 0 Å². The highest BCUT2D eigenvalue weighted by molar-refractivity contribution is 7.80. The van der Waals surface area contributed by atoms with Gasteiger partial charge in [0.05, 0.1) is 15.2 Å². The summed E-state index contributed by atoms with van der Waals surface area (Å²) in [5.41, 5.74) is 0.979. The van der Waals surface area contributed by atoms with Crippen LogP contribution in [0.1, 0.15) is 24.8 Å². The van der Waals surface area contributed by atoms with Crippen molar-refractivity contribution >= 4 is 34.2 Å². The fourth-order valence-electron chi connectivity index (χ4n) is 1.10. The maximum absolute atomic E-state index is 4.51. The van der Waals surface area contributed by atoms with Crippen molar-refractivity contribution in [3.05, 3.63) is 17.4 Å². The molecular weight excluding hydrogens is 200 g/mol. The Balaban J connectivity index is 2.68. The summed E-state index contributed by atoms with van der Waals surface area (Å²) in [5.74, 6) is 0.477. The predicted molar refractivity (Wildman–Crippen MR) is 58.8 cm³/mol. The number of hydrogen-bond donors (Lipinski definition) is 1. The highest BCUT2D eigenvalue weighted by atomic mass is 32.1. The van der Waals surface area contributed by atoms with Crippen LogP contribution < -0.4 is 0 Å². The number of aromatic nitrogens is 2. The number of thiol groups is 1. The van der Waals surface area contributed by atoms with Crippen molar-refractivity contribution in [2.75, 3.05) is 0 Å². The minimum Gasteiger partial charge on any atom is -0.262 e. The summed E-state index contributed by atoms with van der Waals surface area (Å²) in [5, 5.41) is 1.15. The molecule has 0 aliphatic rings. The smallest absolute Gasteiger partial charge is 0.0980 e. The number of fused-ring (bicyclic) bond motifs is 1. The Morgan fingerprint density at radius 1 is 1.38 bits per heavy atom. The van der Waals surface area contributed by atoms with Crippen molar-refractivity contribution in [1.29, 1.82) is 0 Å². The number of hydrogen-bond acceptors (Lipinski definition) is 4. The van der Waals surface area contributed by atoms with Crippen molar-refractivity contribution in [3.63, 3.8) is 0 Å². The average Bonchev–Trinajstić information content (AvgIpc) is 2.49. The Morgan fingerprint density at radius 3 is 2.77 bits per heavy atom. The summed E-state index contributed by atoms with van der Waals surface area (Å²) in [7, 11) is 0. The third kappa shape index (κ3) is 1.56. The lowest BCUT2D eigenvalue weighted by atomic mass is 10.2. The molecule has 0 unspecified atom stereocenters. The molecule has 0 aliphatic heterocycles. The molecule has 0 atom stereocenters. The van der Waals surface area contributed by atoms with Gasteiger partial charge in [-0.1, -0.05) is 13.8 Å². The summed E-state index contributed by atoms with van der Waals surface area (Å²) in [6.07, 6.45) is 3.58. The molecule has 0 saturated heterocycles. The number of pyridine rings is 1. The molecule has 0 bridgehead atoms. The second kappa shape index (κ2) is 3.27. The maximum atomic E-state index is 4.51. The minimum absolute atomic E-state index is 0.477. The van der Waals surface area contributed by atoms with Crippen LogP contribution in [-0.4, -0.2) is 9.97 Å². The number of rotatable bonds is 1. The Hall–Kier alpha value is -0.610. The zero-order chi connectivity index (χ0) is 9.42. The van der Waals surface area contributed by atoms with Gasteiger partial charge in [0.15, 0.2) is 0 Å². The van der Waals surface area contributed by atoms with Crippen molar-refractivity contribution in [2.45, 2.75) is 24.7 Å². The number of nitrogens with zero attached hydrogens (tertiary/aromatic N) is 2. The van der Waals surface area contributed by atoms with E-state index in [9.17, 15) is 0 Å². The quantitative estimate of drug-likeness (QED) is 0.732. The van der Waals surface area contributed by atoms with Gasteiger partial charge in [-0.2, -0.15) is 0 Å². The van der Waals surface area contributed by atoms with Crippen molar-refractivity contribution in [1.82, 2.24) is 9.97 Å². The molecular formula is C9H10N2S2. The average molecular weight is 210 g/mol. The van der Waals surface area contributed by atoms with Crippen LogP contribution in [0.25, 0.3) is 10.2 Å². The van der Waals surface area contributed by atoms with E-state index < -0.39 is 0 Å². The van der Waals surface area contributed by atoms with Gasteiger partial charge in [0.25, 0.3) is 0 Å². The molecule has 2 rings (SSSR count). The van der Waals surface area contributed by atoms with Gasteiger partial charge in [0, 0.05) is 23.2 Å². The maximum Gasteiger partial charge on any atom is 0.0980 e. The third-order valence-electron chi connectivity index (χ3n) is 1.80. The second-order valence-corrected chi connectivity index (χ2v) is 4.76. The number of thiazole rings is 1. The molecule has 0 saturated carbocycles. The van der Waals surface area contributed by atoms with E-state index >= 15 is 0 Å². The lowest BCUT2D eigenvalue weighted by Crippen LogP contribution is -1.83. The summed E-state index contributed by atoms with van der Waals surface area (Å²) < 4.78 is 1.12. The SMILES string of the molecule is CC(C)c1nc2c(S)cncc2s1. The molecule has 0 radical (unpaired) electrons. The van der Waals surface area contributed by atoms with E-state index in [1.54, 1.807) is 17.5 Å². The molecule has 0 aromatic carbocycles. The Morgan fingerprint density at radius 2 is 2.15 bits per heavy atom. The van der Waals surface area contributed by atoms with Gasteiger partial charge in [-0.25, -0.2) is 4.98 Å². The Labute approximate surface area is 86.4 Å². The van der Waals surface area contributed by atoms with Gasteiger partial charge in [-0.3, -0.25) is 4.98 Å². The molecule has 4 heteroatoms. The van der Waals surface area contributed by atoms with E-state index in [2.05, 4.69) is 36.4 Å². The van der Waals surface area contributed by atoms with Gasteiger partial charge in [-0.15, -0.1) is 24.0 Å². The van der Waals surface area contributed by atoms with Gasteiger partial charge in [-0.05, 0) is 0 Å². The van der Waals surface area contributed by atoms with E-state index in [4.69, 9.17) is 0 Å². The molecule has 2 nitrogen and oxygen atoms in total. The monoisotopic (exact) mass is 210 g/mol. The lowest BCUT2D eigenvalue weighted by Gasteiger charge is -1.94.